The Morgan fingerprint density at radius 2 is 2.10 bits per heavy atom. The summed E-state index contributed by atoms with van der Waals surface area (Å²) in [7, 11) is -1.52. The maximum atomic E-state index is 11.7. The molecule has 7 heteroatoms. The summed E-state index contributed by atoms with van der Waals surface area (Å²) >= 11 is 0. The van der Waals surface area contributed by atoms with Crippen LogP contribution < -0.4 is 5.14 Å². The number of hydrogen-bond donors (Lipinski definition) is 1. The lowest BCUT2D eigenvalue weighted by molar-refractivity contribution is 0.0519. The smallest absolute Gasteiger partial charge is 0.358 e. The average Bonchev–Trinajstić information content (AvgIpc) is 2.80. The minimum Gasteiger partial charge on any atom is -0.461 e. The molecule has 1 aromatic carbocycles. The Hall–Kier alpha value is -1.99. The first kappa shape index (κ1) is 15.4. The topological polar surface area (TPSA) is 87.2 Å². The van der Waals surface area contributed by atoms with E-state index in [0.717, 1.165) is 16.9 Å². The molecule has 0 aliphatic heterocycles. The van der Waals surface area contributed by atoms with Crippen molar-refractivity contribution in [1.82, 2.24) is 9.78 Å². The van der Waals surface area contributed by atoms with Gasteiger partial charge < -0.3 is 4.74 Å². The van der Waals surface area contributed by atoms with E-state index in [0.29, 0.717) is 11.5 Å². The summed E-state index contributed by atoms with van der Waals surface area (Å²) in [5.74, 6) is -0.448. The third-order valence-electron chi connectivity index (χ3n) is 2.99. The maximum absolute atomic E-state index is 11.7. The zero-order chi connectivity index (χ0) is 15.6. The van der Waals surface area contributed by atoms with Gasteiger partial charge in [-0.05, 0) is 50.6 Å². The van der Waals surface area contributed by atoms with Gasteiger partial charge in [0, 0.05) is 5.69 Å². The molecule has 1 heterocycles. The van der Waals surface area contributed by atoms with Crippen LogP contribution in [0.2, 0.25) is 0 Å². The molecule has 1 atom stereocenters. The number of esters is 1. The Labute approximate surface area is 125 Å². The van der Waals surface area contributed by atoms with Crippen molar-refractivity contribution in [3.63, 3.8) is 0 Å². The van der Waals surface area contributed by atoms with Crippen LogP contribution in [0, 0.1) is 13.8 Å². The molecule has 0 fully saturated rings. The Bertz CT molecular complexity index is 709. The van der Waals surface area contributed by atoms with Crippen LogP contribution in [0.5, 0.6) is 0 Å². The Kier molecular flexibility index (Phi) is 4.54. The molecular weight excluding hydrogens is 290 g/mol. The van der Waals surface area contributed by atoms with Gasteiger partial charge in [-0.25, -0.2) is 18.8 Å². The molecular formula is C14H17N3O3S. The highest BCUT2D eigenvalue weighted by atomic mass is 32.2. The van der Waals surface area contributed by atoms with Crippen LogP contribution in [0.3, 0.4) is 0 Å². The van der Waals surface area contributed by atoms with Crippen LogP contribution in [0.4, 0.5) is 0 Å². The molecule has 0 bridgehead atoms. The molecule has 112 valence electrons. The first-order valence-corrected chi connectivity index (χ1v) is 7.66. The van der Waals surface area contributed by atoms with Gasteiger partial charge in [-0.1, -0.05) is 0 Å². The summed E-state index contributed by atoms with van der Waals surface area (Å²) in [5.41, 5.74) is 2.65. The van der Waals surface area contributed by atoms with Crippen molar-refractivity contribution >= 4 is 17.0 Å². The zero-order valence-corrected chi connectivity index (χ0v) is 12.9. The monoisotopic (exact) mass is 307 g/mol. The lowest BCUT2D eigenvalue weighted by atomic mass is 10.2. The highest BCUT2D eigenvalue weighted by Crippen LogP contribution is 2.18. The lowest BCUT2D eigenvalue weighted by Crippen LogP contribution is -2.08. The molecule has 0 saturated heterocycles. The molecule has 0 spiro atoms. The number of nitrogens with zero attached hydrogens (tertiary/aromatic N) is 2. The number of nitrogens with two attached hydrogens (primary N) is 1. The molecule has 6 nitrogen and oxygen atoms in total. The van der Waals surface area contributed by atoms with Crippen molar-refractivity contribution < 1.29 is 13.7 Å². The molecule has 2 aromatic rings. The van der Waals surface area contributed by atoms with E-state index in [1.165, 1.54) is 0 Å². The van der Waals surface area contributed by atoms with Gasteiger partial charge in [0.1, 0.15) is 11.0 Å². The predicted molar refractivity (Wildman–Crippen MR) is 79.6 cm³/mol. The van der Waals surface area contributed by atoms with Gasteiger partial charge in [-0.15, -0.1) is 0 Å². The highest BCUT2D eigenvalue weighted by molar-refractivity contribution is 7.82. The van der Waals surface area contributed by atoms with E-state index in [2.05, 4.69) is 5.10 Å². The molecule has 0 radical (unpaired) electrons. The molecule has 1 aromatic heterocycles. The number of aryl methyl sites for hydroxylation is 2. The van der Waals surface area contributed by atoms with Gasteiger partial charge in [-0.2, -0.15) is 5.10 Å². The van der Waals surface area contributed by atoms with E-state index >= 15 is 0 Å². The minimum atomic E-state index is -1.52. The molecule has 0 saturated carbocycles. The summed E-state index contributed by atoms with van der Waals surface area (Å²) in [4.78, 5) is 12.3. The highest BCUT2D eigenvalue weighted by Gasteiger charge is 2.15. The second kappa shape index (κ2) is 6.19. The number of hydrogen-bond acceptors (Lipinski definition) is 4. The SMILES string of the molecule is CCOC(=O)c1cc(C)n(-c2ccc(S(N)=O)c(C)c2)n1. The summed E-state index contributed by atoms with van der Waals surface area (Å²) in [6, 6.07) is 6.96. The second-order valence-electron chi connectivity index (χ2n) is 4.55. The minimum absolute atomic E-state index is 0.262. The third-order valence-corrected chi connectivity index (χ3v) is 3.88. The molecule has 2 rings (SSSR count). The first-order valence-electron chi connectivity index (χ1n) is 6.45. The Balaban J connectivity index is 2.41. The lowest BCUT2D eigenvalue weighted by Gasteiger charge is -2.08. The zero-order valence-electron chi connectivity index (χ0n) is 12.1. The van der Waals surface area contributed by atoms with E-state index in [4.69, 9.17) is 9.88 Å². The van der Waals surface area contributed by atoms with Gasteiger partial charge in [-0.3, -0.25) is 0 Å². The van der Waals surface area contributed by atoms with E-state index in [9.17, 15) is 9.00 Å². The molecule has 21 heavy (non-hydrogen) atoms. The molecule has 1 unspecified atom stereocenters. The normalized spacial score (nSPS) is 12.2. The van der Waals surface area contributed by atoms with Crippen molar-refractivity contribution in [3.05, 3.63) is 41.2 Å². The molecule has 0 aliphatic rings. The maximum Gasteiger partial charge on any atom is 0.358 e. The molecule has 0 amide bonds. The number of rotatable bonds is 4. The molecule has 2 N–H and O–H groups in total. The fourth-order valence-electron chi connectivity index (χ4n) is 2.03. The number of benzene rings is 1. The summed E-state index contributed by atoms with van der Waals surface area (Å²) < 4.78 is 17.9. The average molecular weight is 307 g/mol. The van der Waals surface area contributed by atoms with Crippen LogP contribution in [-0.2, 0) is 15.7 Å². The van der Waals surface area contributed by atoms with Gasteiger partial charge in [0.15, 0.2) is 5.69 Å². The van der Waals surface area contributed by atoms with Crippen LogP contribution in [0.15, 0.2) is 29.2 Å². The van der Waals surface area contributed by atoms with E-state index in [1.54, 1.807) is 29.8 Å². The number of aromatic nitrogens is 2. The van der Waals surface area contributed by atoms with E-state index in [-0.39, 0.29) is 5.69 Å². The second-order valence-corrected chi connectivity index (χ2v) is 5.59. The summed E-state index contributed by atoms with van der Waals surface area (Å²) in [5, 5.41) is 9.65. The van der Waals surface area contributed by atoms with Crippen LogP contribution in [0.25, 0.3) is 5.69 Å². The van der Waals surface area contributed by atoms with Crippen molar-refractivity contribution in [2.75, 3.05) is 6.61 Å². The van der Waals surface area contributed by atoms with Gasteiger partial charge in [0.2, 0.25) is 0 Å². The van der Waals surface area contributed by atoms with Crippen LogP contribution in [-0.4, -0.2) is 26.6 Å². The van der Waals surface area contributed by atoms with E-state index < -0.39 is 17.0 Å². The number of carbonyl (C=O) groups excluding carboxylic acids is 1. The number of ether oxygens (including phenoxy) is 1. The first-order chi connectivity index (χ1) is 9.93. The van der Waals surface area contributed by atoms with Crippen molar-refractivity contribution in [1.29, 1.82) is 0 Å². The van der Waals surface area contributed by atoms with Crippen LogP contribution in [0.1, 0.15) is 28.7 Å². The standard InChI is InChI=1S/C14H17N3O3S/c1-4-20-14(18)12-8-10(3)17(16-12)11-5-6-13(21(15)19)9(2)7-11/h5-8H,4,15H2,1-3H3. The largest absolute Gasteiger partial charge is 0.461 e. The van der Waals surface area contributed by atoms with E-state index in [1.807, 2.05) is 19.9 Å². The quantitative estimate of drug-likeness (QED) is 0.870. The van der Waals surface area contributed by atoms with Crippen molar-refractivity contribution in [2.45, 2.75) is 25.7 Å². The van der Waals surface area contributed by atoms with Crippen molar-refractivity contribution in [3.8, 4) is 5.69 Å². The number of carbonyl (C=O) groups is 1. The summed E-state index contributed by atoms with van der Waals surface area (Å²) in [6.45, 7) is 5.73. The third kappa shape index (κ3) is 3.20. The van der Waals surface area contributed by atoms with Crippen molar-refractivity contribution in [2.24, 2.45) is 5.14 Å². The van der Waals surface area contributed by atoms with Gasteiger partial charge in [0.05, 0.1) is 17.2 Å². The van der Waals surface area contributed by atoms with Crippen LogP contribution >= 0.6 is 0 Å². The molecule has 0 aliphatic carbocycles. The van der Waals surface area contributed by atoms with Gasteiger partial charge in [0.25, 0.3) is 0 Å². The Morgan fingerprint density at radius 3 is 2.67 bits per heavy atom. The predicted octanol–water partition coefficient (Wildman–Crippen LogP) is 1.65. The van der Waals surface area contributed by atoms with Gasteiger partial charge >= 0.3 is 5.97 Å². The fraction of sp³-hybridized carbons (Fsp3) is 0.286. The summed E-state index contributed by atoms with van der Waals surface area (Å²) in [6.07, 6.45) is 0. The fourth-order valence-corrected chi connectivity index (χ4v) is 2.61. The Morgan fingerprint density at radius 1 is 1.38 bits per heavy atom.